The van der Waals surface area contributed by atoms with Gasteiger partial charge in [-0.15, -0.1) is 0 Å². The minimum Gasteiger partial charge on any atom is -0.465 e. The average Bonchev–Trinajstić information content (AvgIpc) is 3.35. The molecule has 3 aliphatic heterocycles. The standard InChI is InChI=1S/C21H17N3O5/c1-29-19(27)11-6-2-5-9-15(11)24-17(25)12-10-22-21(16(12)18(24)26)13-7-3-4-8-14(13)23-20(21)28/h2-9,12,16,22H,10H2,1H3,(H,23,28)/t12-,16+,21+/m0/s1. The minimum atomic E-state index is -1.30. The Balaban J connectivity index is 1.63. The summed E-state index contributed by atoms with van der Waals surface area (Å²) in [5.74, 6) is -3.54. The number of fused-ring (bicyclic) bond motifs is 4. The second-order valence-electron chi connectivity index (χ2n) is 7.29. The van der Waals surface area contributed by atoms with Crippen molar-refractivity contribution in [3.05, 3.63) is 59.7 Å². The number of anilines is 2. The number of benzene rings is 2. The summed E-state index contributed by atoms with van der Waals surface area (Å²) in [5.41, 5.74) is 0.268. The number of para-hydroxylation sites is 2. The molecule has 3 heterocycles. The fraction of sp³-hybridized carbons (Fsp3) is 0.238. The van der Waals surface area contributed by atoms with E-state index in [0.717, 1.165) is 4.90 Å². The molecule has 0 aromatic heterocycles. The molecule has 8 nitrogen and oxygen atoms in total. The zero-order valence-corrected chi connectivity index (χ0v) is 15.5. The van der Waals surface area contributed by atoms with Gasteiger partial charge in [0.2, 0.25) is 17.7 Å². The van der Waals surface area contributed by atoms with Gasteiger partial charge < -0.3 is 10.1 Å². The number of rotatable bonds is 2. The van der Waals surface area contributed by atoms with Gasteiger partial charge in [-0.25, -0.2) is 9.69 Å². The Hall–Kier alpha value is -3.52. The number of esters is 1. The highest BCUT2D eigenvalue weighted by Crippen LogP contribution is 2.51. The lowest BCUT2D eigenvalue weighted by atomic mass is 9.77. The lowest BCUT2D eigenvalue weighted by Crippen LogP contribution is -2.51. The Morgan fingerprint density at radius 1 is 1.07 bits per heavy atom. The molecule has 8 heteroatoms. The number of nitrogens with zero attached hydrogens (tertiary/aromatic N) is 1. The van der Waals surface area contributed by atoms with Crippen LogP contribution in [0.1, 0.15) is 15.9 Å². The fourth-order valence-corrected chi connectivity index (χ4v) is 4.75. The Morgan fingerprint density at radius 3 is 2.59 bits per heavy atom. The number of imide groups is 1. The van der Waals surface area contributed by atoms with Gasteiger partial charge in [0.15, 0.2) is 0 Å². The number of carbonyl (C=O) groups is 4. The van der Waals surface area contributed by atoms with E-state index in [1.165, 1.54) is 19.2 Å². The summed E-state index contributed by atoms with van der Waals surface area (Å²) in [6, 6.07) is 13.4. The van der Waals surface area contributed by atoms with Crippen molar-refractivity contribution in [1.82, 2.24) is 5.32 Å². The molecule has 0 radical (unpaired) electrons. The Labute approximate surface area is 165 Å². The molecule has 2 aromatic carbocycles. The molecule has 3 atom stereocenters. The van der Waals surface area contributed by atoms with E-state index in [2.05, 4.69) is 10.6 Å². The second-order valence-corrected chi connectivity index (χ2v) is 7.29. The van der Waals surface area contributed by atoms with Gasteiger partial charge in [0.1, 0.15) is 5.54 Å². The highest BCUT2D eigenvalue weighted by atomic mass is 16.5. The third-order valence-electron chi connectivity index (χ3n) is 6.00. The van der Waals surface area contributed by atoms with E-state index in [1.807, 2.05) is 0 Å². The van der Waals surface area contributed by atoms with Gasteiger partial charge in [-0.3, -0.25) is 19.7 Å². The van der Waals surface area contributed by atoms with Gasteiger partial charge in [0, 0.05) is 17.8 Å². The molecule has 3 aliphatic rings. The lowest BCUT2D eigenvalue weighted by molar-refractivity contribution is -0.130. The molecule has 146 valence electrons. The van der Waals surface area contributed by atoms with Crippen molar-refractivity contribution >= 4 is 35.1 Å². The van der Waals surface area contributed by atoms with Gasteiger partial charge in [0.25, 0.3) is 0 Å². The fourth-order valence-electron chi connectivity index (χ4n) is 4.75. The van der Waals surface area contributed by atoms with Crippen LogP contribution >= 0.6 is 0 Å². The predicted octanol–water partition coefficient (Wildman–Crippen LogP) is 1.03. The molecule has 29 heavy (non-hydrogen) atoms. The molecule has 2 N–H and O–H groups in total. The number of carbonyl (C=O) groups excluding carboxylic acids is 4. The molecular weight excluding hydrogens is 374 g/mol. The molecular formula is C21H17N3O5. The quantitative estimate of drug-likeness (QED) is 0.585. The molecule has 5 rings (SSSR count). The van der Waals surface area contributed by atoms with Gasteiger partial charge in [-0.1, -0.05) is 30.3 Å². The molecule has 1 spiro atoms. The van der Waals surface area contributed by atoms with E-state index in [4.69, 9.17) is 4.74 Å². The summed E-state index contributed by atoms with van der Waals surface area (Å²) in [6.45, 7) is 0.188. The van der Waals surface area contributed by atoms with Crippen LogP contribution in [-0.2, 0) is 24.7 Å². The molecule has 0 saturated carbocycles. The highest BCUT2D eigenvalue weighted by Gasteiger charge is 2.67. The first-order chi connectivity index (χ1) is 14.0. The van der Waals surface area contributed by atoms with E-state index in [0.29, 0.717) is 11.3 Å². The first-order valence-electron chi connectivity index (χ1n) is 9.22. The first kappa shape index (κ1) is 17.6. The Kier molecular flexibility index (Phi) is 3.63. The SMILES string of the molecule is COC(=O)c1ccccc1N1C(=O)[C@H]2CN[C@@]3(C(=O)Nc4ccccc43)[C@H]2C1=O. The van der Waals surface area contributed by atoms with Gasteiger partial charge in [-0.2, -0.15) is 0 Å². The van der Waals surface area contributed by atoms with Crippen LogP contribution in [0.15, 0.2) is 48.5 Å². The van der Waals surface area contributed by atoms with Crippen molar-refractivity contribution in [3.8, 4) is 0 Å². The smallest absolute Gasteiger partial charge is 0.339 e. The zero-order chi connectivity index (χ0) is 20.3. The second kappa shape index (κ2) is 5.99. The van der Waals surface area contributed by atoms with Crippen molar-refractivity contribution in [3.63, 3.8) is 0 Å². The van der Waals surface area contributed by atoms with Crippen LogP contribution in [0.2, 0.25) is 0 Å². The molecule has 0 unspecified atom stereocenters. The normalized spacial score (nSPS) is 27.2. The molecule has 0 aliphatic carbocycles. The summed E-state index contributed by atoms with van der Waals surface area (Å²) in [6.07, 6.45) is 0. The third-order valence-corrected chi connectivity index (χ3v) is 6.00. The van der Waals surface area contributed by atoms with E-state index >= 15 is 0 Å². The molecule has 2 saturated heterocycles. The number of ether oxygens (including phenoxy) is 1. The van der Waals surface area contributed by atoms with E-state index in [-0.39, 0.29) is 23.7 Å². The van der Waals surface area contributed by atoms with E-state index in [9.17, 15) is 19.2 Å². The average molecular weight is 391 g/mol. The summed E-state index contributed by atoms with van der Waals surface area (Å²) in [7, 11) is 1.24. The number of hydrogen-bond donors (Lipinski definition) is 2. The molecule has 2 aromatic rings. The van der Waals surface area contributed by atoms with Gasteiger partial charge >= 0.3 is 5.97 Å². The van der Waals surface area contributed by atoms with Gasteiger partial charge in [-0.05, 0) is 18.2 Å². The summed E-state index contributed by atoms with van der Waals surface area (Å²) < 4.78 is 4.79. The molecule has 3 amide bonds. The lowest BCUT2D eigenvalue weighted by Gasteiger charge is -2.28. The monoisotopic (exact) mass is 391 g/mol. The van der Waals surface area contributed by atoms with Crippen LogP contribution in [0, 0.1) is 11.8 Å². The largest absolute Gasteiger partial charge is 0.465 e. The number of methoxy groups -OCH3 is 1. The van der Waals surface area contributed by atoms with Crippen LogP contribution in [0.25, 0.3) is 0 Å². The van der Waals surface area contributed by atoms with Crippen LogP contribution in [-0.4, -0.2) is 37.3 Å². The third kappa shape index (κ3) is 2.11. The van der Waals surface area contributed by atoms with Crippen molar-refractivity contribution < 1.29 is 23.9 Å². The summed E-state index contributed by atoms with van der Waals surface area (Å²) >= 11 is 0. The van der Waals surface area contributed by atoms with Crippen molar-refractivity contribution in [2.45, 2.75) is 5.54 Å². The minimum absolute atomic E-state index is 0.120. The van der Waals surface area contributed by atoms with Crippen LogP contribution in [0.4, 0.5) is 11.4 Å². The molecule has 2 fully saturated rings. The number of hydrogen-bond acceptors (Lipinski definition) is 6. The highest BCUT2D eigenvalue weighted by molar-refractivity contribution is 6.26. The number of amides is 3. The zero-order valence-electron chi connectivity index (χ0n) is 15.5. The topological polar surface area (TPSA) is 105 Å². The van der Waals surface area contributed by atoms with Gasteiger partial charge in [0.05, 0.1) is 30.2 Å². The first-order valence-corrected chi connectivity index (χ1v) is 9.22. The predicted molar refractivity (Wildman–Crippen MR) is 102 cm³/mol. The van der Waals surface area contributed by atoms with Crippen LogP contribution in [0.3, 0.4) is 0 Å². The van der Waals surface area contributed by atoms with E-state index in [1.54, 1.807) is 36.4 Å². The van der Waals surface area contributed by atoms with E-state index < -0.39 is 35.2 Å². The maximum atomic E-state index is 13.5. The summed E-state index contributed by atoms with van der Waals surface area (Å²) in [4.78, 5) is 52.9. The van der Waals surface area contributed by atoms with Crippen molar-refractivity contribution in [1.29, 1.82) is 0 Å². The van der Waals surface area contributed by atoms with Crippen LogP contribution in [0.5, 0.6) is 0 Å². The Morgan fingerprint density at radius 2 is 1.79 bits per heavy atom. The van der Waals surface area contributed by atoms with Crippen LogP contribution < -0.4 is 15.5 Å². The Bertz CT molecular complexity index is 1100. The van der Waals surface area contributed by atoms with Crippen molar-refractivity contribution in [2.24, 2.45) is 11.8 Å². The summed E-state index contributed by atoms with van der Waals surface area (Å²) in [5, 5.41) is 5.96. The van der Waals surface area contributed by atoms with Crippen molar-refractivity contribution in [2.75, 3.05) is 23.9 Å². The maximum Gasteiger partial charge on any atom is 0.339 e. The maximum absolute atomic E-state index is 13.5. The number of nitrogens with one attached hydrogen (secondary N) is 2. The molecule has 0 bridgehead atoms.